The summed E-state index contributed by atoms with van der Waals surface area (Å²) in [5.74, 6) is 0.849. The Morgan fingerprint density at radius 2 is 2.00 bits per heavy atom. The van der Waals surface area contributed by atoms with Gasteiger partial charge in [0.15, 0.2) is 0 Å². The standard InChI is InChI=1S/C12H16Br2N2O2/c1-16(2)12(17)4-5-15-10-7-11(18-3)9(14)6-8(10)13/h6-7,15H,4-5H2,1-3H3. The van der Waals surface area contributed by atoms with E-state index in [1.807, 2.05) is 12.1 Å². The van der Waals surface area contributed by atoms with Gasteiger partial charge in [-0.05, 0) is 37.9 Å². The molecule has 1 N–H and O–H groups in total. The predicted molar refractivity (Wildman–Crippen MR) is 80.2 cm³/mol. The molecule has 0 bridgehead atoms. The van der Waals surface area contributed by atoms with Gasteiger partial charge in [0, 0.05) is 37.6 Å². The van der Waals surface area contributed by atoms with Crippen molar-refractivity contribution >= 4 is 43.5 Å². The second-order valence-electron chi connectivity index (χ2n) is 3.93. The fourth-order valence-electron chi connectivity index (χ4n) is 1.35. The van der Waals surface area contributed by atoms with E-state index in [0.29, 0.717) is 13.0 Å². The van der Waals surface area contributed by atoms with E-state index in [1.54, 1.807) is 26.1 Å². The molecule has 1 aromatic carbocycles. The van der Waals surface area contributed by atoms with Crippen molar-refractivity contribution in [2.75, 3.05) is 33.1 Å². The molecule has 0 atom stereocenters. The highest BCUT2D eigenvalue weighted by Crippen LogP contribution is 2.34. The van der Waals surface area contributed by atoms with Gasteiger partial charge < -0.3 is 15.0 Å². The smallest absolute Gasteiger partial charge is 0.223 e. The van der Waals surface area contributed by atoms with Crippen LogP contribution in [-0.4, -0.2) is 38.6 Å². The van der Waals surface area contributed by atoms with E-state index < -0.39 is 0 Å². The highest BCUT2D eigenvalue weighted by Gasteiger charge is 2.08. The molecule has 6 heteroatoms. The second-order valence-corrected chi connectivity index (χ2v) is 5.64. The van der Waals surface area contributed by atoms with Gasteiger partial charge in [-0.1, -0.05) is 0 Å². The number of amides is 1. The summed E-state index contributed by atoms with van der Waals surface area (Å²) >= 11 is 6.87. The first kappa shape index (κ1) is 15.3. The summed E-state index contributed by atoms with van der Waals surface area (Å²) in [5.41, 5.74) is 0.904. The fraction of sp³-hybridized carbons (Fsp3) is 0.417. The van der Waals surface area contributed by atoms with Crippen molar-refractivity contribution in [3.8, 4) is 5.75 Å². The lowest BCUT2D eigenvalue weighted by atomic mass is 10.3. The van der Waals surface area contributed by atoms with Crippen molar-refractivity contribution in [2.45, 2.75) is 6.42 Å². The van der Waals surface area contributed by atoms with Crippen LogP contribution in [0.2, 0.25) is 0 Å². The van der Waals surface area contributed by atoms with E-state index in [4.69, 9.17) is 4.74 Å². The summed E-state index contributed by atoms with van der Waals surface area (Å²) in [7, 11) is 5.12. The molecule has 0 fully saturated rings. The largest absolute Gasteiger partial charge is 0.495 e. The van der Waals surface area contributed by atoms with Crippen LogP contribution >= 0.6 is 31.9 Å². The van der Waals surface area contributed by atoms with Crippen LogP contribution < -0.4 is 10.1 Å². The number of carbonyl (C=O) groups excluding carboxylic acids is 1. The lowest BCUT2D eigenvalue weighted by Crippen LogP contribution is -2.23. The molecule has 0 radical (unpaired) electrons. The van der Waals surface area contributed by atoms with Crippen LogP contribution in [0.1, 0.15) is 6.42 Å². The molecule has 0 aliphatic rings. The van der Waals surface area contributed by atoms with Crippen LogP contribution in [0.4, 0.5) is 5.69 Å². The molecule has 1 aromatic rings. The number of carbonyl (C=O) groups is 1. The molecule has 0 heterocycles. The van der Waals surface area contributed by atoms with E-state index >= 15 is 0 Å². The van der Waals surface area contributed by atoms with Crippen molar-refractivity contribution < 1.29 is 9.53 Å². The Morgan fingerprint density at radius 3 is 2.56 bits per heavy atom. The van der Waals surface area contributed by atoms with Gasteiger partial charge in [0.1, 0.15) is 5.75 Å². The van der Waals surface area contributed by atoms with Crippen LogP contribution in [0.5, 0.6) is 5.75 Å². The Morgan fingerprint density at radius 1 is 1.33 bits per heavy atom. The van der Waals surface area contributed by atoms with Crippen LogP contribution in [0.15, 0.2) is 21.1 Å². The van der Waals surface area contributed by atoms with Gasteiger partial charge in [-0.25, -0.2) is 0 Å². The summed E-state index contributed by atoms with van der Waals surface area (Å²) in [6.45, 7) is 0.584. The molecule has 0 aromatic heterocycles. The van der Waals surface area contributed by atoms with Gasteiger partial charge in [0.05, 0.1) is 17.3 Å². The highest BCUT2D eigenvalue weighted by atomic mass is 79.9. The summed E-state index contributed by atoms with van der Waals surface area (Å²) in [6.07, 6.45) is 0.456. The third-order valence-corrected chi connectivity index (χ3v) is 3.67. The number of ether oxygens (including phenoxy) is 1. The van der Waals surface area contributed by atoms with Gasteiger partial charge in [-0.3, -0.25) is 4.79 Å². The minimum absolute atomic E-state index is 0.0997. The zero-order valence-electron chi connectivity index (χ0n) is 10.6. The molecule has 4 nitrogen and oxygen atoms in total. The van der Waals surface area contributed by atoms with Gasteiger partial charge in [-0.2, -0.15) is 0 Å². The van der Waals surface area contributed by atoms with E-state index in [1.165, 1.54) is 0 Å². The molecule has 0 aliphatic heterocycles. The summed E-state index contributed by atoms with van der Waals surface area (Å²) in [4.78, 5) is 13.0. The lowest BCUT2D eigenvalue weighted by Gasteiger charge is -2.13. The number of benzene rings is 1. The molecule has 100 valence electrons. The molecule has 0 unspecified atom stereocenters. The van der Waals surface area contributed by atoms with Crippen molar-refractivity contribution in [3.05, 3.63) is 21.1 Å². The Balaban J connectivity index is 2.65. The zero-order chi connectivity index (χ0) is 13.7. The number of anilines is 1. The lowest BCUT2D eigenvalue weighted by molar-refractivity contribution is -0.128. The Kier molecular flexibility index (Phi) is 5.95. The zero-order valence-corrected chi connectivity index (χ0v) is 13.8. The highest BCUT2D eigenvalue weighted by molar-refractivity contribution is 9.11. The normalized spacial score (nSPS) is 10.1. The summed E-state index contributed by atoms with van der Waals surface area (Å²) in [6, 6.07) is 3.79. The van der Waals surface area contributed by atoms with E-state index in [9.17, 15) is 4.79 Å². The molecular weight excluding hydrogens is 364 g/mol. The van der Waals surface area contributed by atoms with Crippen molar-refractivity contribution in [1.82, 2.24) is 4.90 Å². The van der Waals surface area contributed by atoms with Crippen LogP contribution in [0.25, 0.3) is 0 Å². The number of nitrogens with one attached hydrogen (secondary N) is 1. The van der Waals surface area contributed by atoms with Crippen LogP contribution in [0, 0.1) is 0 Å². The van der Waals surface area contributed by atoms with Gasteiger partial charge >= 0.3 is 0 Å². The van der Waals surface area contributed by atoms with Gasteiger partial charge in [0.25, 0.3) is 0 Å². The van der Waals surface area contributed by atoms with E-state index in [2.05, 4.69) is 37.2 Å². The topological polar surface area (TPSA) is 41.6 Å². The number of hydrogen-bond donors (Lipinski definition) is 1. The maximum Gasteiger partial charge on any atom is 0.223 e. The molecule has 1 rings (SSSR count). The average Bonchev–Trinajstić information content (AvgIpc) is 2.31. The maximum atomic E-state index is 11.4. The minimum Gasteiger partial charge on any atom is -0.495 e. The molecule has 1 amide bonds. The Labute approximate surface area is 124 Å². The van der Waals surface area contributed by atoms with Crippen molar-refractivity contribution in [3.63, 3.8) is 0 Å². The monoisotopic (exact) mass is 378 g/mol. The first-order valence-corrected chi connectivity index (χ1v) is 7.01. The number of nitrogens with zero attached hydrogens (tertiary/aromatic N) is 1. The Bertz CT molecular complexity index is 436. The third kappa shape index (κ3) is 4.17. The molecule has 0 aliphatic carbocycles. The SMILES string of the molecule is COc1cc(NCCC(=O)N(C)C)c(Br)cc1Br. The molecule has 18 heavy (non-hydrogen) atoms. The molecule has 0 saturated carbocycles. The number of methoxy groups -OCH3 is 1. The van der Waals surface area contributed by atoms with Crippen LogP contribution in [-0.2, 0) is 4.79 Å². The van der Waals surface area contributed by atoms with Gasteiger partial charge in [-0.15, -0.1) is 0 Å². The quantitative estimate of drug-likeness (QED) is 0.854. The molecular formula is C12H16Br2N2O2. The third-order valence-electron chi connectivity index (χ3n) is 2.39. The van der Waals surface area contributed by atoms with Crippen LogP contribution in [0.3, 0.4) is 0 Å². The predicted octanol–water partition coefficient (Wildman–Crippen LogP) is 3.11. The number of hydrogen-bond acceptors (Lipinski definition) is 3. The van der Waals surface area contributed by atoms with Crippen molar-refractivity contribution in [2.24, 2.45) is 0 Å². The van der Waals surface area contributed by atoms with E-state index in [0.717, 1.165) is 20.4 Å². The molecule has 0 spiro atoms. The first-order chi connectivity index (χ1) is 8.45. The molecule has 0 saturated heterocycles. The second kappa shape index (κ2) is 6.99. The maximum absolute atomic E-state index is 11.4. The average molecular weight is 380 g/mol. The Hall–Kier alpha value is -0.750. The van der Waals surface area contributed by atoms with E-state index in [-0.39, 0.29) is 5.91 Å². The first-order valence-electron chi connectivity index (χ1n) is 5.42. The number of halogens is 2. The summed E-state index contributed by atoms with van der Waals surface area (Å²) in [5, 5.41) is 3.21. The van der Waals surface area contributed by atoms with Gasteiger partial charge in [0.2, 0.25) is 5.91 Å². The summed E-state index contributed by atoms with van der Waals surface area (Å²) < 4.78 is 7.03. The number of rotatable bonds is 5. The minimum atomic E-state index is 0.0997. The van der Waals surface area contributed by atoms with Crippen molar-refractivity contribution in [1.29, 1.82) is 0 Å². The fourth-order valence-corrected chi connectivity index (χ4v) is 2.64.